The van der Waals surface area contributed by atoms with Crippen molar-refractivity contribution < 1.29 is 4.79 Å². The van der Waals surface area contributed by atoms with Gasteiger partial charge in [-0.15, -0.1) is 11.3 Å². The number of carbonyl (C=O) groups is 1. The molecule has 0 bridgehead atoms. The second kappa shape index (κ2) is 6.49. The lowest BCUT2D eigenvalue weighted by Gasteiger charge is -2.36. The maximum atomic E-state index is 13.2. The first-order valence-corrected chi connectivity index (χ1v) is 9.52. The molecule has 1 aliphatic heterocycles. The van der Waals surface area contributed by atoms with Crippen molar-refractivity contribution in [3.63, 3.8) is 0 Å². The summed E-state index contributed by atoms with van der Waals surface area (Å²) in [6.45, 7) is 4.90. The van der Waals surface area contributed by atoms with Crippen molar-refractivity contribution in [2.45, 2.75) is 26.3 Å². The zero-order valence-electron chi connectivity index (χ0n) is 14.5. The monoisotopic (exact) mass is 347 g/mol. The van der Waals surface area contributed by atoms with E-state index in [0.717, 1.165) is 18.5 Å². The molecule has 1 aromatic heterocycles. The first kappa shape index (κ1) is 16.1. The highest BCUT2D eigenvalue weighted by atomic mass is 32.1. The van der Waals surface area contributed by atoms with Gasteiger partial charge in [-0.3, -0.25) is 4.79 Å². The minimum Gasteiger partial charge on any atom is -0.327 e. The number of hydrogen-bond acceptors (Lipinski definition) is 2. The summed E-state index contributed by atoms with van der Waals surface area (Å²) in [5, 5.41) is 2.14. The van der Waals surface area contributed by atoms with Gasteiger partial charge >= 0.3 is 0 Å². The second-order valence-corrected chi connectivity index (χ2v) is 7.73. The van der Waals surface area contributed by atoms with E-state index in [2.05, 4.69) is 42.6 Å². The van der Waals surface area contributed by atoms with Gasteiger partial charge in [-0.05, 0) is 55.0 Å². The Bertz CT molecular complexity index is 893. The van der Waals surface area contributed by atoms with Crippen molar-refractivity contribution in [1.82, 2.24) is 4.90 Å². The van der Waals surface area contributed by atoms with Crippen LogP contribution in [-0.4, -0.2) is 17.4 Å². The standard InChI is InChI=1S/C22H21NOS/c1-15-3-7-17(8-4-15)21-19-12-14-25-20(19)11-13-23(21)22(24)18-9-5-16(2)6-10-18/h3-10,12,14,21H,11,13H2,1-2H3/t21-/m0/s1. The van der Waals surface area contributed by atoms with Gasteiger partial charge in [0.1, 0.15) is 0 Å². The van der Waals surface area contributed by atoms with Crippen molar-refractivity contribution in [1.29, 1.82) is 0 Å². The Hall–Kier alpha value is -2.39. The minimum absolute atomic E-state index is 0.00408. The van der Waals surface area contributed by atoms with E-state index in [9.17, 15) is 4.79 Å². The lowest BCUT2D eigenvalue weighted by atomic mass is 9.92. The van der Waals surface area contributed by atoms with Crippen LogP contribution in [0.1, 0.15) is 43.5 Å². The summed E-state index contributed by atoms with van der Waals surface area (Å²) in [5.41, 5.74) is 5.64. The molecule has 3 heteroatoms. The summed E-state index contributed by atoms with van der Waals surface area (Å²) in [7, 11) is 0. The van der Waals surface area contributed by atoms with E-state index in [1.165, 1.54) is 27.1 Å². The Morgan fingerprint density at radius 3 is 2.28 bits per heavy atom. The Labute approximate surface area is 152 Å². The average molecular weight is 347 g/mol. The molecule has 0 spiro atoms. The van der Waals surface area contributed by atoms with Gasteiger partial charge < -0.3 is 4.90 Å². The maximum Gasteiger partial charge on any atom is 0.254 e. The lowest BCUT2D eigenvalue weighted by molar-refractivity contribution is 0.0696. The third-order valence-corrected chi connectivity index (χ3v) is 5.91. The first-order valence-electron chi connectivity index (χ1n) is 8.64. The van der Waals surface area contributed by atoms with E-state index in [4.69, 9.17) is 0 Å². The normalized spacial score (nSPS) is 16.6. The number of fused-ring (bicyclic) bond motifs is 1. The molecule has 2 nitrogen and oxygen atoms in total. The van der Waals surface area contributed by atoms with Gasteiger partial charge in [0, 0.05) is 17.0 Å². The van der Waals surface area contributed by atoms with Crippen LogP contribution >= 0.6 is 11.3 Å². The van der Waals surface area contributed by atoms with Crippen LogP contribution < -0.4 is 0 Å². The van der Waals surface area contributed by atoms with E-state index >= 15 is 0 Å². The summed E-state index contributed by atoms with van der Waals surface area (Å²) < 4.78 is 0. The van der Waals surface area contributed by atoms with Crippen LogP contribution in [0.5, 0.6) is 0 Å². The highest BCUT2D eigenvalue weighted by Gasteiger charge is 2.33. The van der Waals surface area contributed by atoms with Crippen LogP contribution in [0.3, 0.4) is 0 Å². The SMILES string of the molecule is Cc1ccc(C(=O)N2CCc3sccc3[C@@H]2c2ccc(C)cc2)cc1. The zero-order chi connectivity index (χ0) is 17.4. The maximum absolute atomic E-state index is 13.2. The van der Waals surface area contributed by atoms with E-state index in [1.54, 1.807) is 11.3 Å². The number of amides is 1. The Balaban J connectivity index is 1.76. The molecule has 126 valence electrons. The number of hydrogen-bond donors (Lipinski definition) is 0. The van der Waals surface area contributed by atoms with Gasteiger partial charge in [0.2, 0.25) is 0 Å². The predicted molar refractivity (Wildman–Crippen MR) is 103 cm³/mol. The number of benzene rings is 2. The summed E-state index contributed by atoms with van der Waals surface area (Å²) >= 11 is 1.80. The van der Waals surface area contributed by atoms with E-state index < -0.39 is 0 Å². The highest BCUT2D eigenvalue weighted by molar-refractivity contribution is 7.10. The third kappa shape index (κ3) is 3.00. The number of aryl methyl sites for hydroxylation is 2. The summed E-state index contributed by atoms with van der Waals surface area (Å²) in [5.74, 6) is 0.113. The number of carbonyl (C=O) groups excluding carboxylic acids is 1. The molecule has 0 fully saturated rings. The van der Waals surface area contributed by atoms with Crippen molar-refractivity contribution in [2.24, 2.45) is 0 Å². The summed E-state index contributed by atoms with van der Waals surface area (Å²) in [6, 6.07) is 18.6. The van der Waals surface area contributed by atoms with Gasteiger partial charge in [-0.1, -0.05) is 47.5 Å². The molecule has 1 amide bonds. The second-order valence-electron chi connectivity index (χ2n) is 6.73. The molecule has 0 saturated carbocycles. The van der Waals surface area contributed by atoms with Crippen LogP contribution in [0, 0.1) is 13.8 Å². The van der Waals surface area contributed by atoms with Gasteiger partial charge in [0.15, 0.2) is 0 Å². The Kier molecular flexibility index (Phi) is 4.18. The van der Waals surface area contributed by atoms with Gasteiger partial charge in [0.05, 0.1) is 6.04 Å². The molecule has 3 aromatic rings. The quantitative estimate of drug-likeness (QED) is 0.627. The van der Waals surface area contributed by atoms with Crippen LogP contribution in [0.2, 0.25) is 0 Å². The molecule has 0 unspecified atom stereocenters. The van der Waals surface area contributed by atoms with Crippen molar-refractivity contribution in [3.05, 3.63) is 92.7 Å². The number of rotatable bonds is 2. The third-order valence-electron chi connectivity index (χ3n) is 4.92. The molecule has 4 rings (SSSR count). The van der Waals surface area contributed by atoms with Crippen LogP contribution in [-0.2, 0) is 6.42 Å². The average Bonchev–Trinajstić information content (AvgIpc) is 3.10. The molecule has 1 atom stereocenters. The summed E-state index contributed by atoms with van der Waals surface area (Å²) in [6.07, 6.45) is 0.937. The predicted octanol–water partition coefficient (Wildman–Crippen LogP) is 5.15. The topological polar surface area (TPSA) is 20.3 Å². The molecule has 25 heavy (non-hydrogen) atoms. The zero-order valence-corrected chi connectivity index (χ0v) is 15.3. The Morgan fingerprint density at radius 2 is 1.60 bits per heavy atom. The van der Waals surface area contributed by atoms with Crippen LogP contribution in [0.25, 0.3) is 0 Å². The molecule has 0 N–H and O–H groups in total. The molecule has 1 aliphatic rings. The lowest BCUT2D eigenvalue weighted by Crippen LogP contribution is -2.40. The molecule has 0 saturated heterocycles. The fourth-order valence-corrected chi connectivity index (χ4v) is 4.41. The highest BCUT2D eigenvalue weighted by Crippen LogP contribution is 2.38. The smallest absolute Gasteiger partial charge is 0.254 e. The molecule has 0 radical (unpaired) electrons. The minimum atomic E-state index is 0.00408. The van der Waals surface area contributed by atoms with Crippen molar-refractivity contribution >= 4 is 17.2 Å². The van der Waals surface area contributed by atoms with Gasteiger partial charge in [-0.2, -0.15) is 0 Å². The van der Waals surface area contributed by atoms with Crippen LogP contribution in [0.4, 0.5) is 0 Å². The van der Waals surface area contributed by atoms with Gasteiger partial charge in [-0.25, -0.2) is 0 Å². The molecule has 0 aliphatic carbocycles. The van der Waals surface area contributed by atoms with Crippen LogP contribution in [0.15, 0.2) is 60.0 Å². The molecule has 2 heterocycles. The van der Waals surface area contributed by atoms with Crippen molar-refractivity contribution in [3.8, 4) is 0 Å². The number of thiophene rings is 1. The fourth-order valence-electron chi connectivity index (χ4n) is 3.51. The Morgan fingerprint density at radius 1 is 0.960 bits per heavy atom. The molecular formula is C22H21NOS. The fraction of sp³-hybridized carbons (Fsp3) is 0.227. The molecule has 2 aromatic carbocycles. The largest absolute Gasteiger partial charge is 0.327 e. The molecular weight excluding hydrogens is 326 g/mol. The number of nitrogens with zero attached hydrogens (tertiary/aromatic N) is 1. The van der Waals surface area contributed by atoms with E-state index in [1.807, 2.05) is 36.1 Å². The van der Waals surface area contributed by atoms with E-state index in [0.29, 0.717) is 0 Å². The summed E-state index contributed by atoms with van der Waals surface area (Å²) in [4.78, 5) is 16.7. The first-order chi connectivity index (χ1) is 12.1. The van der Waals surface area contributed by atoms with E-state index in [-0.39, 0.29) is 11.9 Å². The van der Waals surface area contributed by atoms with Gasteiger partial charge in [0.25, 0.3) is 5.91 Å². The van der Waals surface area contributed by atoms with Crippen molar-refractivity contribution in [2.75, 3.05) is 6.54 Å².